The summed E-state index contributed by atoms with van der Waals surface area (Å²) in [6.07, 6.45) is 0.951. The molecular weight excluding hydrogens is 248 g/mol. The lowest BCUT2D eigenvalue weighted by Gasteiger charge is -2.06. The fourth-order valence-corrected chi connectivity index (χ4v) is 2.58. The van der Waals surface area contributed by atoms with E-state index < -0.39 is 0 Å². The van der Waals surface area contributed by atoms with Crippen LogP contribution < -0.4 is 11.1 Å². The van der Waals surface area contributed by atoms with Crippen molar-refractivity contribution >= 4 is 11.6 Å². The van der Waals surface area contributed by atoms with Crippen molar-refractivity contribution in [1.29, 1.82) is 0 Å². The maximum atomic E-state index is 12.1. The number of nitrogens with one attached hydrogen (secondary N) is 1. The molecule has 0 spiro atoms. The highest BCUT2D eigenvalue weighted by atomic mass is 16.2. The summed E-state index contributed by atoms with van der Waals surface area (Å²) in [5.74, 6) is 0.650. The molecule has 1 amide bonds. The molecule has 0 radical (unpaired) electrons. The zero-order valence-electron chi connectivity index (χ0n) is 11.3. The van der Waals surface area contributed by atoms with Gasteiger partial charge in [-0.05, 0) is 35.6 Å². The van der Waals surface area contributed by atoms with Crippen molar-refractivity contribution in [3.63, 3.8) is 0 Å². The fourth-order valence-electron chi connectivity index (χ4n) is 2.58. The minimum Gasteiger partial charge on any atom is -0.399 e. The normalized spacial score (nSPS) is 20.4. The number of carbonyl (C=O) groups is 1. The molecule has 2 atom stereocenters. The van der Waals surface area contributed by atoms with Gasteiger partial charge >= 0.3 is 0 Å². The van der Waals surface area contributed by atoms with Crippen LogP contribution in [0.25, 0.3) is 0 Å². The Bertz CT molecular complexity index is 609. The van der Waals surface area contributed by atoms with Gasteiger partial charge in [-0.15, -0.1) is 0 Å². The van der Waals surface area contributed by atoms with Crippen molar-refractivity contribution in [3.8, 4) is 0 Å². The molecule has 1 aliphatic carbocycles. The molecule has 0 bridgehead atoms. The smallest absolute Gasteiger partial charge is 0.224 e. The fraction of sp³-hybridized carbons (Fsp3) is 0.235. The van der Waals surface area contributed by atoms with Crippen LogP contribution in [0.3, 0.4) is 0 Å². The van der Waals surface area contributed by atoms with E-state index in [1.807, 2.05) is 42.5 Å². The topological polar surface area (TPSA) is 55.1 Å². The average Bonchev–Trinajstić information content (AvgIpc) is 3.26. The van der Waals surface area contributed by atoms with Crippen LogP contribution >= 0.6 is 0 Å². The lowest BCUT2D eigenvalue weighted by Crippen LogP contribution is -2.24. The highest BCUT2D eigenvalue weighted by Gasteiger charge is 2.43. The number of hydrogen-bond acceptors (Lipinski definition) is 2. The van der Waals surface area contributed by atoms with Gasteiger partial charge in [0.05, 0.1) is 0 Å². The van der Waals surface area contributed by atoms with E-state index in [0.717, 1.165) is 17.7 Å². The summed E-state index contributed by atoms with van der Waals surface area (Å²) in [5, 5.41) is 2.99. The Labute approximate surface area is 118 Å². The van der Waals surface area contributed by atoms with Crippen LogP contribution in [0.2, 0.25) is 0 Å². The van der Waals surface area contributed by atoms with E-state index in [9.17, 15) is 4.79 Å². The number of nitrogen functional groups attached to an aromatic ring is 1. The Kier molecular flexibility index (Phi) is 3.42. The van der Waals surface area contributed by atoms with Gasteiger partial charge in [0.1, 0.15) is 0 Å². The van der Waals surface area contributed by atoms with Gasteiger partial charge in [0.2, 0.25) is 5.91 Å². The van der Waals surface area contributed by atoms with E-state index in [1.54, 1.807) is 0 Å². The molecule has 0 aliphatic heterocycles. The van der Waals surface area contributed by atoms with E-state index in [1.165, 1.54) is 5.56 Å². The van der Waals surface area contributed by atoms with E-state index in [0.29, 0.717) is 12.5 Å². The number of anilines is 1. The predicted octanol–water partition coefficient (Wildman–Crippen LogP) is 2.69. The lowest BCUT2D eigenvalue weighted by atomic mass is 10.1. The maximum absolute atomic E-state index is 12.1. The SMILES string of the molecule is Nc1cccc(CNC(=O)C2CC2c2ccccc2)c1. The molecule has 2 aromatic carbocycles. The molecule has 20 heavy (non-hydrogen) atoms. The summed E-state index contributed by atoms with van der Waals surface area (Å²) in [5.41, 5.74) is 8.75. The number of carbonyl (C=O) groups excluding carboxylic acids is 1. The van der Waals surface area contributed by atoms with Gasteiger partial charge in [0.15, 0.2) is 0 Å². The van der Waals surface area contributed by atoms with E-state index >= 15 is 0 Å². The van der Waals surface area contributed by atoms with Gasteiger partial charge in [0.25, 0.3) is 0 Å². The molecule has 0 aromatic heterocycles. The quantitative estimate of drug-likeness (QED) is 0.836. The van der Waals surface area contributed by atoms with Gasteiger partial charge in [-0.2, -0.15) is 0 Å². The van der Waals surface area contributed by atoms with Crippen molar-refractivity contribution in [2.45, 2.75) is 18.9 Å². The third-order valence-corrected chi connectivity index (χ3v) is 3.77. The van der Waals surface area contributed by atoms with Gasteiger partial charge in [-0.1, -0.05) is 42.5 Å². The first-order chi connectivity index (χ1) is 9.74. The van der Waals surface area contributed by atoms with Gasteiger partial charge < -0.3 is 11.1 Å². The summed E-state index contributed by atoms with van der Waals surface area (Å²) >= 11 is 0. The second-order valence-electron chi connectivity index (χ2n) is 5.32. The summed E-state index contributed by atoms with van der Waals surface area (Å²) in [6, 6.07) is 17.8. The molecule has 102 valence electrons. The Morgan fingerprint density at radius 3 is 2.70 bits per heavy atom. The zero-order chi connectivity index (χ0) is 13.9. The number of benzene rings is 2. The molecule has 2 unspecified atom stereocenters. The Morgan fingerprint density at radius 2 is 1.95 bits per heavy atom. The second-order valence-corrected chi connectivity index (χ2v) is 5.32. The monoisotopic (exact) mass is 266 g/mol. The third kappa shape index (κ3) is 2.82. The van der Waals surface area contributed by atoms with Crippen LogP contribution in [-0.2, 0) is 11.3 Å². The molecule has 1 saturated carbocycles. The molecule has 0 heterocycles. The molecule has 3 nitrogen and oxygen atoms in total. The van der Waals surface area contributed by atoms with E-state index in [-0.39, 0.29) is 11.8 Å². The summed E-state index contributed by atoms with van der Waals surface area (Å²) in [7, 11) is 0. The van der Waals surface area contributed by atoms with Crippen molar-refractivity contribution in [1.82, 2.24) is 5.32 Å². The number of nitrogens with two attached hydrogens (primary N) is 1. The van der Waals surface area contributed by atoms with Crippen LogP contribution in [0.1, 0.15) is 23.5 Å². The van der Waals surface area contributed by atoms with Crippen LogP contribution in [0.4, 0.5) is 5.69 Å². The van der Waals surface area contributed by atoms with Gasteiger partial charge in [-0.3, -0.25) is 4.79 Å². The number of rotatable bonds is 4. The molecule has 1 aliphatic rings. The molecule has 1 fully saturated rings. The number of hydrogen-bond donors (Lipinski definition) is 2. The average molecular weight is 266 g/mol. The second kappa shape index (κ2) is 5.37. The first-order valence-corrected chi connectivity index (χ1v) is 6.91. The minimum atomic E-state index is 0.124. The van der Waals surface area contributed by atoms with Gasteiger partial charge in [-0.25, -0.2) is 0 Å². The van der Waals surface area contributed by atoms with Crippen molar-refractivity contribution in [2.24, 2.45) is 5.92 Å². The zero-order valence-corrected chi connectivity index (χ0v) is 11.3. The molecule has 3 rings (SSSR count). The Morgan fingerprint density at radius 1 is 1.15 bits per heavy atom. The molecule has 2 aromatic rings. The number of amides is 1. The van der Waals surface area contributed by atoms with Crippen molar-refractivity contribution in [2.75, 3.05) is 5.73 Å². The molecular formula is C17H18N2O. The highest BCUT2D eigenvalue weighted by molar-refractivity contribution is 5.82. The molecule has 3 N–H and O–H groups in total. The van der Waals surface area contributed by atoms with E-state index in [4.69, 9.17) is 5.73 Å². The Balaban J connectivity index is 1.54. The van der Waals surface area contributed by atoms with Crippen molar-refractivity contribution < 1.29 is 4.79 Å². The van der Waals surface area contributed by atoms with Crippen LogP contribution in [0.15, 0.2) is 54.6 Å². The predicted molar refractivity (Wildman–Crippen MR) is 80.0 cm³/mol. The van der Waals surface area contributed by atoms with E-state index in [2.05, 4.69) is 17.4 Å². The summed E-state index contributed by atoms with van der Waals surface area (Å²) in [4.78, 5) is 12.1. The van der Waals surface area contributed by atoms with Crippen molar-refractivity contribution in [3.05, 3.63) is 65.7 Å². The highest BCUT2D eigenvalue weighted by Crippen LogP contribution is 2.47. The lowest BCUT2D eigenvalue weighted by molar-refractivity contribution is -0.122. The van der Waals surface area contributed by atoms with Crippen LogP contribution in [0.5, 0.6) is 0 Å². The van der Waals surface area contributed by atoms with Crippen LogP contribution in [0, 0.1) is 5.92 Å². The largest absolute Gasteiger partial charge is 0.399 e. The summed E-state index contributed by atoms with van der Waals surface area (Å²) in [6.45, 7) is 0.544. The summed E-state index contributed by atoms with van der Waals surface area (Å²) < 4.78 is 0. The first kappa shape index (κ1) is 12.7. The standard InChI is InChI=1S/C17H18N2O/c18-14-8-4-5-12(9-14)11-19-17(20)16-10-15(16)13-6-2-1-3-7-13/h1-9,15-16H,10-11,18H2,(H,19,20). The third-order valence-electron chi connectivity index (χ3n) is 3.77. The minimum absolute atomic E-state index is 0.124. The first-order valence-electron chi connectivity index (χ1n) is 6.91. The maximum Gasteiger partial charge on any atom is 0.224 e. The van der Waals surface area contributed by atoms with Gasteiger partial charge in [0, 0.05) is 18.2 Å². The molecule has 3 heteroatoms. The Hall–Kier alpha value is -2.29. The molecule has 0 saturated heterocycles. The van der Waals surface area contributed by atoms with Crippen LogP contribution in [-0.4, -0.2) is 5.91 Å².